The SMILES string of the molecule is CCNc1nnc(C(C)(C)CO)n1CC. The van der Waals surface area contributed by atoms with E-state index in [1.54, 1.807) is 0 Å². The predicted molar refractivity (Wildman–Crippen MR) is 60.0 cm³/mol. The van der Waals surface area contributed by atoms with Crippen LogP contribution >= 0.6 is 0 Å². The van der Waals surface area contributed by atoms with E-state index >= 15 is 0 Å². The summed E-state index contributed by atoms with van der Waals surface area (Å²) in [5.41, 5.74) is -0.351. The third-order valence-electron chi connectivity index (χ3n) is 2.40. The van der Waals surface area contributed by atoms with Gasteiger partial charge in [-0.3, -0.25) is 4.57 Å². The Kier molecular flexibility index (Phi) is 3.68. The van der Waals surface area contributed by atoms with Gasteiger partial charge in [0.05, 0.1) is 6.61 Å². The molecule has 2 N–H and O–H groups in total. The van der Waals surface area contributed by atoms with Gasteiger partial charge in [0.1, 0.15) is 5.82 Å². The third-order valence-corrected chi connectivity index (χ3v) is 2.40. The molecular weight excluding hydrogens is 192 g/mol. The number of anilines is 1. The Balaban J connectivity index is 3.09. The number of nitrogens with one attached hydrogen (secondary N) is 1. The van der Waals surface area contributed by atoms with Gasteiger partial charge in [-0.05, 0) is 13.8 Å². The summed E-state index contributed by atoms with van der Waals surface area (Å²) in [7, 11) is 0. The van der Waals surface area contributed by atoms with E-state index in [0.717, 1.165) is 24.9 Å². The van der Waals surface area contributed by atoms with Gasteiger partial charge in [0.15, 0.2) is 0 Å². The average molecular weight is 212 g/mol. The van der Waals surface area contributed by atoms with Gasteiger partial charge in [-0.15, -0.1) is 10.2 Å². The topological polar surface area (TPSA) is 63.0 Å². The summed E-state index contributed by atoms with van der Waals surface area (Å²) in [5.74, 6) is 1.60. The number of hydrogen-bond donors (Lipinski definition) is 2. The van der Waals surface area contributed by atoms with E-state index < -0.39 is 0 Å². The summed E-state index contributed by atoms with van der Waals surface area (Å²) >= 11 is 0. The smallest absolute Gasteiger partial charge is 0.224 e. The molecule has 0 aliphatic carbocycles. The molecule has 1 rings (SSSR count). The molecule has 1 heterocycles. The molecule has 1 aromatic heterocycles. The molecule has 5 nitrogen and oxygen atoms in total. The Bertz CT molecular complexity index is 319. The van der Waals surface area contributed by atoms with Crippen LogP contribution in [0.4, 0.5) is 5.95 Å². The highest BCUT2D eigenvalue weighted by Crippen LogP contribution is 2.22. The van der Waals surface area contributed by atoms with Crippen LogP contribution < -0.4 is 5.32 Å². The van der Waals surface area contributed by atoms with Gasteiger partial charge in [-0.1, -0.05) is 13.8 Å². The lowest BCUT2D eigenvalue weighted by Crippen LogP contribution is -2.27. The zero-order valence-electron chi connectivity index (χ0n) is 9.91. The van der Waals surface area contributed by atoms with Crippen molar-refractivity contribution in [1.29, 1.82) is 0 Å². The van der Waals surface area contributed by atoms with Gasteiger partial charge in [0, 0.05) is 18.5 Å². The molecule has 86 valence electrons. The molecule has 0 aliphatic heterocycles. The van der Waals surface area contributed by atoms with E-state index in [4.69, 9.17) is 0 Å². The summed E-state index contributed by atoms with van der Waals surface area (Å²) in [6.07, 6.45) is 0. The largest absolute Gasteiger partial charge is 0.395 e. The van der Waals surface area contributed by atoms with Crippen molar-refractivity contribution in [2.24, 2.45) is 0 Å². The first-order valence-electron chi connectivity index (χ1n) is 5.35. The molecule has 0 saturated carbocycles. The second-order valence-corrected chi connectivity index (χ2v) is 4.16. The van der Waals surface area contributed by atoms with Crippen molar-refractivity contribution in [2.75, 3.05) is 18.5 Å². The van der Waals surface area contributed by atoms with Crippen LogP contribution in [0.2, 0.25) is 0 Å². The molecule has 0 aliphatic rings. The van der Waals surface area contributed by atoms with Crippen molar-refractivity contribution >= 4 is 5.95 Å². The maximum Gasteiger partial charge on any atom is 0.224 e. The van der Waals surface area contributed by atoms with E-state index in [-0.39, 0.29) is 12.0 Å². The highest BCUT2D eigenvalue weighted by Gasteiger charge is 2.27. The second-order valence-electron chi connectivity index (χ2n) is 4.16. The highest BCUT2D eigenvalue weighted by molar-refractivity contribution is 5.27. The van der Waals surface area contributed by atoms with Crippen LogP contribution in [-0.2, 0) is 12.0 Å². The van der Waals surface area contributed by atoms with Crippen LogP contribution in [0.15, 0.2) is 0 Å². The maximum atomic E-state index is 9.31. The summed E-state index contributed by atoms with van der Waals surface area (Å²) in [6.45, 7) is 9.66. The van der Waals surface area contributed by atoms with Gasteiger partial charge in [-0.2, -0.15) is 0 Å². The Morgan fingerprint density at radius 2 is 2.00 bits per heavy atom. The van der Waals surface area contributed by atoms with E-state index in [1.165, 1.54) is 0 Å². The lowest BCUT2D eigenvalue weighted by Gasteiger charge is -2.21. The summed E-state index contributed by atoms with van der Waals surface area (Å²) in [4.78, 5) is 0. The molecule has 0 radical (unpaired) electrons. The molecule has 1 aromatic rings. The van der Waals surface area contributed by atoms with Crippen LogP contribution in [-0.4, -0.2) is 33.0 Å². The minimum absolute atomic E-state index is 0.0667. The Labute approximate surface area is 90.5 Å². The van der Waals surface area contributed by atoms with E-state index in [1.807, 2.05) is 32.3 Å². The number of nitrogens with zero attached hydrogens (tertiary/aromatic N) is 3. The first-order valence-corrected chi connectivity index (χ1v) is 5.35. The third kappa shape index (κ3) is 2.28. The molecule has 0 saturated heterocycles. The molecule has 0 fully saturated rings. The first-order chi connectivity index (χ1) is 7.06. The summed E-state index contributed by atoms with van der Waals surface area (Å²) in [5, 5.41) is 20.7. The summed E-state index contributed by atoms with van der Waals surface area (Å²) in [6, 6.07) is 0. The van der Waals surface area contributed by atoms with Crippen molar-refractivity contribution in [3.63, 3.8) is 0 Å². The second kappa shape index (κ2) is 4.61. The molecule has 5 heteroatoms. The van der Waals surface area contributed by atoms with Gasteiger partial charge < -0.3 is 10.4 Å². The first kappa shape index (κ1) is 12.0. The normalized spacial score (nSPS) is 11.8. The van der Waals surface area contributed by atoms with Gasteiger partial charge in [-0.25, -0.2) is 0 Å². The Hall–Kier alpha value is -1.10. The van der Waals surface area contributed by atoms with Crippen molar-refractivity contribution in [1.82, 2.24) is 14.8 Å². The van der Waals surface area contributed by atoms with Crippen LogP contribution in [0.3, 0.4) is 0 Å². The lowest BCUT2D eigenvalue weighted by atomic mass is 9.94. The quantitative estimate of drug-likeness (QED) is 0.764. The Morgan fingerprint density at radius 3 is 2.47 bits per heavy atom. The zero-order valence-corrected chi connectivity index (χ0v) is 9.91. The van der Waals surface area contributed by atoms with Gasteiger partial charge in [0.2, 0.25) is 5.95 Å². The maximum absolute atomic E-state index is 9.31. The molecule has 0 bridgehead atoms. The average Bonchev–Trinajstić information content (AvgIpc) is 2.62. The van der Waals surface area contributed by atoms with Crippen LogP contribution in [0.1, 0.15) is 33.5 Å². The summed E-state index contributed by atoms with van der Waals surface area (Å²) < 4.78 is 2.00. The fourth-order valence-electron chi connectivity index (χ4n) is 1.46. The fraction of sp³-hybridized carbons (Fsp3) is 0.800. The molecule has 15 heavy (non-hydrogen) atoms. The Morgan fingerprint density at radius 1 is 1.33 bits per heavy atom. The minimum Gasteiger partial charge on any atom is -0.395 e. The van der Waals surface area contributed by atoms with Crippen LogP contribution in [0, 0.1) is 0 Å². The zero-order chi connectivity index (χ0) is 11.5. The number of hydrogen-bond acceptors (Lipinski definition) is 4. The molecule has 0 amide bonds. The number of aliphatic hydroxyl groups excluding tert-OH is 1. The van der Waals surface area contributed by atoms with Crippen molar-refractivity contribution in [3.05, 3.63) is 5.82 Å². The van der Waals surface area contributed by atoms with Crippen molar-refractivity contribution < 1.29 is 5.11 Å². The minimum atomic E-state index is -0.351. The molecule has 0 atom stereocenters. The van der Waals surface area contributed by atoms with Crippen molar-refractivity contribution in [3.8, 4) is 0 Å². The molecule has 0 aromatic carbocycles. The predicted octanol–water partition coefficient (Wildman–Crippen LogP) is 1.000. The molecular formula is C10H20N4O. The monoisotopic (exact) mass is 212 g/mol. The van der Waals surface area contributed by atoms with Crippen molar-refractivity contribution in [2.45, 2.75) is 39.7 Å². The standard InChI is InChI=1S/C10H20N4O/c1-5-11-9-13-12-8(14(9)6-2)10(3,4)7-15/h15H,5-7H2,1-4H3,(H,11,13). The number of aromatic nitrogens is 3. The lowest BCUT2D eigenvalue weighted by molar-refractivity contribution is 0.208. The van der Waals surface area contributed by atoms with E-state index in [0.29, 0.717) is 0 Å². The van der Waals surface area contributed by atoms with E-state index in [2.05, 4.69) is 15.5 Å². The van der Waals surface area contributed by atoms with E-state index in [9.17, 15) is 5.11 Å². The fourth-order valence-corrected chi connectivity index (χ4v) is 1.46. The van der Waals surface area contributed by atoms with Gasteiger partial charge in [0.25, 0.3) is 0 Å². The highest BCUT2D eigenvalue weighted by atomic mass is 16.3. The van der Waals surface area contributed by atoms with Crippen LogP contribution in [0.5, 0.6) is 0 Å². The number of aliphatic hydroxyl groups is 1. The molecule has 0 spiro atoms. The molecule has 0 unspecified atom stereocenters. The number of rotatable bonds is 5. The van der Waals surface area contributed by atoms with Crippen LogP contribution in [0.25, 0.3) is 0 Å². The van der Waals surface area contributed by atoms with Gasteiger partial charge >= 0.3 is 0 Å².